The van der Waals surface area contributed by atoms with Crippen molar-refractivity contribution in [2.45, 2.75) is 25.7 Å². The molecule has 0 amide bonds. The Morgan fingerprint density at radius 2 is 1.79 bits per heavy atom. The number of carbonyl (C=O) groups excluding carboxylic acids is 1. The first-order valence-corrected chi connectivity index (χ1v) is 6.19. The zero-order valence-corrected chi connectivity index (χ0v) is 11.0. The van der Waals surface area contributed by atoms with Gasteiger partial charge >= 0.3 is 0 Å². The maximum absolute atomic E-state index is 12.2. The number of rotatable bonds is 4. The molecule has 0 saturated carbocycles. The standard InChI is InChI=1S/C16H15NO2/c1-11(2)12-3-5-13(6-4-12)15(9-17)16(18)14-7-8-19-10-14/h3-8,10-11,15H,1-2H3. The molecule has 3 heteroatoms. The van der Waals surface area contributed by atoms with Crippen molar-refractivity contribution in [1.82, 2.24) is 0 Å². The van der Waals surface area contributed by atoms with Crippen molar-refractivity contribution in [2.24, 2.45) is 0 Å². The predicted molar refractivity (Wildman–Crippen MR) is 71.9 cm³/mol. The summed E-state index contributed by atoms with van der Waals surface area (Å²) in [5, 5.41) is 9.23. The second-order valence-corrected chi connectivity index (χ2v) is 4.76. The fourth-order valence-corrected chi connectivity index (χ4v) is 1.93. The first-order valence-electron chi connectivity index (χ1n) is 6.19. The Labute approximate surface area is 112 Å². The van der Waals surface area contributed by atoms with E-state index in [-0.39, 0.29) is 5.78 Å². The molecule has 1 aromatic heterocycles. The summed E-state index contributed by atoms with van der Waals surface area (Å²) in [6.45, 7) is 4.21. The molecule has 0 saturated heterocycles. The number of benzene rings is 1. The average molecular weight is 253 g/mol. The van der Waals surface area contributed by atoms with E-state index in [2.05, 4.69) is 19.9 Å². The molecule has 0 aliphatic carbocycles. The van der Waals surface area contributed by atoms with Gasteiger partial charge in [-0.05, 0) is 23.1 Å². The fraction of sp³-hybridized carbons (Fsp3) is 0.250. The van der Waals surface area contributed by atoms with Crippen LogP contribution in [-0.4, -0.2) is 5.78 Å². The Morgan fingerprint density at radius 1 is 1.16 bits per heavy atom. The van der Waals surface area contributed by atoms with E-state index < -0.39 is 5.92 Å². The molecule has 0 aliphatic rings. The van der Waals surface area contributed by atoms with E-state index in [1.807, 2.05) is 24.3 Å². The largest absolute Gasteiger partial charge is 0.472 e. The average Bonchev–Trinajstić information content (AvgIpc) is 2.94. The number of furan rings is 1. The fourth-order valence-electron chi connectivity index (χ4n) is 1.93. The molecule has 2 rings (SSSR count). The molecule has 19 heavy (non-hydrogen) atoms. The molecule has 2 aromatic rings. The normalized spacial score (nSPS) is 12.1. The molecule has 0 radical (unpaired) electrons. The zero-order chi connectivity index (χ0) is 13.8. The van der Waals surface area contributed by atoms with Crippen LogP contribution in [0, 0.1) is 11.3 Å². The first-order chi connectivity index (χ1) is 9.13. The topological polar surface area (TPSA) is 54.0 Å². The third-order valence-corrected chi connectivity index (χ3v) is 3.13. The molecule has 1 aromatic carbocycles. The Balaban J connectivity index is 2.28. The second kappa shape index (κ2) is 5.53. The maximum atomic E-state index is 12.2. The Bertz CT molecular complexity index is 589. The van der Waals surface area contributed by atoms with Gasteiger partial charge in [-0.25, -0.2) is 0 Å². The molecule has 3 nitrogen and oxygen atoms in total. The lowest BCUT2D eigenvalue weighted by atomic mass is 9.91. The number of Topliss-reactive ketones (excluding diaryl/α,β-unsaturated/α-hetero) is 1. The van der Waals surface area contributed by atoms with Crippen LogP contribution >= 0.6 is 0 Å². The Morgan fingerprint density at radius 3 is 2.26 bits per heavy atom. The summed E-state index contributed by atoms with van der Waals surface area (Å²) in [5.41, 5.74) is 2.34. The summed E-state index contributed by atoms with van der Waals surface area (Å²) in [6.07, 6.45) is 2.80. The van der Waals surface area contributed by atoms with Crippen LogP contribution in [0.3, 0.4) is 0 Å². The summed E-state index contributed by atoms with van der Waals surface area (Å²) in [6, 6.07) is 11.3. The minimum atomic E-state index is -0.779. The molecule has 1 heterocycles. The molecule has 0 spiro atoms. The minimum absolute atomic E-state index is 0.228. The van der Waals surface area contributed by atoms with Gasteiger partial charge in [-0.2, -0.15) is 5.26 Å². The van der Waals surface area contributed by atoms with Gasteiger partial charge in [0, 0.05) is 0 Å². The van der Waals surface area contributed by atoms with Crippen LogP contribution < -0.4 is 0 Å². The molecule has 96 valence electrons. The summed E-state index contributed by atoms with van der Waals surface area (Å²) in [7, 11) is 0. The van der Waals surface area contributed by atoms with Gasteiger partial charge in [0.25, 0.3) is 0 Å². The highest BCUT2D eigenvalue weighted by Crippen LogP contribution is 2.23. The van der Waals surface area contributed by atoms with E-state index in [0.717, 1.165) is 5.56 Å². The van der Waals surface area contributed by atoms with Gasteiger partial charge in [-0.15, -0.1) is 0 Å². The molecule has 1 atom stereocenters. The molecule has 0 fully saturated rings. The Kier molecular flexibility index (Phi) is 3.82. The zero-order valence-electron chi connectivity index (χ0n) is 11.0. The summed E-state index contributed by atoms with van der Waals surface area (Å²) >= 11 is 0. The van der Waals surface area contributed by atoms with Gasteiger partial charge in [-0.3, -0.25) is 4.79 Å². The van der Waals surface area contributed by atoms with Crippen LogP contribution in [0.15, 0.2) is 47.3 Å². The lowest BCUT2D eigenvalue weighted by molar-refractivity contribution is 0.0978. The number of carbonyl (C=O) groups is 1. The van der Waals surface area contributed by atoms with Crippen molar-refractivity contribution < 1.29 is 9.21 Å². The summed E-state index contributed by atoms with van der Waals surface area (Å²) in [4.78, 5) is 12.2. The maximum Gasteiger partial charge on any atom is 0.187 e. The van der Waals surface area contributed by atoms with Gasteiger partial charge < -0.3 is 4.42 Å². The third-order valence-electron chi connectivity index (χ3n) is 3.13. The van der Waals surface area contributed by atoms with Gasteiger partial charge in [0.05, 0.1) is 17.9 Å². The summed E-state index contributed by atoms with van der Waals surface area (Å²) < 4.78 is 4.89. The van der Waals surface area contributed by atoms with Crippen molar-refractivity contribution in [3.8, 4) is 6.07 Å². The van der Waals surface area contributed by atoms with Crippen LogP contribution in [-0.2, 0) is 0 Å². The molecule has 0 bridgehead atoms. The van der Waals surface area contributed by atoms with E-state index in [1.54, 1.807) is 6.07 Å². The lowest BCUT2D eigenvalue weighted by Crippen LogP contribution is -2.10. The lowest BCUT2D eigenvalue weighted by Gasteiger charge is -2.10. The van der Waals surface area contributed by atoms with Crippen LogP contribution in [0.25, 0.3) is 0 Å². The van der Waals surface area contributed by atoms with E-state index >= 15 is 0 Å². The van der Waals surface area contributed by atoms with Crippen LogP contribution in [0.1, 0.15) is 47.2 Å². The van der Waals surface area contributed by atoms with E-state index in [1.165, 1.54) is 18.1 Å². The second-order valence-electron chi connectivity index (χ2n) is 4.76. The van der Waals surface area contributed by atoms with Gasteiger partial charge in [0.1, 0.15) is 12.2 Å². The van der Waals surface area contributed by atoms with Gasteiger partial charge in [0.15, 0.2) is 5.78 Å². The van der Waals surface area contributed by atoms with Crippen molar-refractivity contribution in [3.05, 3.63) is 59.5 Å². The van der Waals surface area contributed by atoms with Crippen LogP contribution in [0.2, 0.25) is 0 Å². The number of nitriles is 1. The van der Waals surface area contributed by atoms with Gasteiger partial charge in [0.2, 0.25) is 0 Å². The van der Waals surface area contributed by atoms with Crippen molar-refractivity contribution >= 4 is 5.78 Å². The van der Waals surface area contributed by atoms with Crippen LogP contribution in [0.4, 0.5) is 0 Å². The van der Waals surface area contributed by atoms with Gasteiger partial charge in [-0.1, -0.05) is 38.1 Å². The Hall–Kier alpha value is -2.34. The molecular weight excluding hydrogens is 238 g/mol. The predicted octanol–water partition coefficient (Wildman–Crippen LogP) is 3.89. The number of nitrogens with zero attached hydrogens (tertiary/aromatic N) is 1. The van der Waals surface area contributed by atoms with Crippen molar-refractivity contribution in [3.63, 3.8) is 0 Å². The highest BCUT2D eigenvalue weighted by atomic mass is 16.3. The smallest absolute Gasteiger partial charge is 0.187 e. The van der Waals surface area contributed by atoms with Crippen molar-refractivity contribution in [2.75, 3.05) is 0 Å². The first kappa shape index (κ1) is 13.1. The SMILES string of the molecule is CC(C)c1ccc(C(C#N)C(=O)c2ccoc2)cc1. The number of hydrogen-bond donors (Lipinski definition) is 0. The van der Waals surface area contributed by atoms with Crippen LogP contribution in [0.5, 0.6) is 0 Å². The highest BCUT2D eigenvalue weighted by Gasteiger charge is 2.22. The van der Waals surface area contributed by atoms with Crippen molar-refractivity contribution in [1.29, 1.82) is 5.26 Å². The minimum Gasteiger partial charge on any atom is -0.472 e. The van der Waals surface area contributed by atoms with E-state index in [9.17, 15) is 10.1 Å². The molecular formula is C16H15NO2. The van der Waals surface area contributed by atoms with E-state index in [0.29, 0.717) is 11.5 Å². The molecule has 1 unspecified atom stereocenters. The quantitative estimate of drug-likeness (QED) is 0.776. The third kappa shape index (κ3) is 2.74. The monoisotopic (exact) mass is 253 g/mol. The number of hydrogen-bond acceptors (Lipinski definition) is 3. The highest BCUT2D eigenvalue weighted by molar-refractivity contribution is 6.02. The summed E-state index contributed by atoms with van der Waals surface area (Å²) in [5.74, 6) is -0.577. The van der Waals surface area contributed by atoms with E-state index in [4.69, 9.17) is 4.42 Å². The number of ketones is 1. The molecule has 0 N–H and O–H groups in total. The molecule has 0 aliphatic heterocycles.